The third kappa shape index (κ3) is 8.19. The third-order valence-electron chi connectivity index (χ3n) is 8.30. The lowest BCUT2D eigenvalue weighted by molar-refractivity contribution is -0.244. The van der Waals surface area contributed by atoms with Crippen molar-refractivity contribution in [2.45, 2.75) is 74.1 Å². The van der Waals surface area contributed by atoms with E-state index in [1.807, 2.05) is 6.07 Å². The Labute approximate surface area is 275 Å². The number of hydrogen-bond acceptors (Lipinski definition) is 8. The minimum Gasteiger partial charge on any atom is -0.446 e. The fraction of sp³-hybridized carbons (Fsp3) is 0.412. The molecule has 3 aromatic rings. The summed E-state index contributed by atoms with van der Waals surface area (Å²) in [6.45, 7) is 6.58. The lowest BCUT2D eigenvalue weighted by atomic mass is 9.69. The largest absolute Gasteiger partial charge is 0.446 e. The topological polar surface area (TPSA) is 160 Å². The molecule has 0 radical (unpaired) electrons. The van der Waals surface area contributed by atoms with Crippen LogP contribution in [0.2, 0.25) is 5.02 Å². The summed E-state index contributed by atoms with van der Waals surface area (Å²) in [5, 5.41) is 3.33. The summed E-state index contributed by atoms with van der Waals surface area (Å²) in [5.41, 5.74) is 11.4. The maximum absolute atomic E-state index is 13.6. The molecule has 5 N–H and O–H groups in total. The second-order valence-electron chi connectivity index (χ2n) is 12.5. The van der Waals surface area contributed by atoms with Crippen molar-refractivity contribution in [3.05, 3.63) is 88.4 Å². The molecule has 248 valence electrons. The van der Waals surface area contributed by atoms with E-state index in [4.69, 9.17) is 37.3 Å². The molecule has 2 amide bonds. The highest BCUT2D eigenvalue weighted by molar-refractivity contribution is 7.91. The van der Waals surface area contributed by atoms with Crippen molar-refractivity contribution in [3.63, 3.8) is 0 Å². The van der Waals surface area contributed by atoms with Gasteiger partial charge >= 0.3 is 6.09 Å². The molecule has 4 rings (SSSR count). The fourth-order valence-electron chi connectivity index (χ4n) is 5.81. The van der Waals surface area contributed by atoms with Gasteiger partial charge in [-0.3, -0.25) is 4.79 Å². The summed E-state index contributed by atoms with van der Waals surface area (Å²) in [6, 6.07) is 18.1. The number of hydrogen-bond donors (Lipinski definition) is 3. The normalized spacial score (nSPS) is 17.5. The van der Waals surface area contributed by atoms with E-state index >= 15 is 0 Å². The van der Waals surface area contributed by atoms with E-state index in [0.717, 1.165) is 18.4 Å². The smallest absolute Gasteiger partial charge is 0.404 e. The van der Waals surface area contributed by atoms with E-state index in [2.05, 4.69) is 26.1 Å². The molecule has 10 nitrogen and oxygen atoms in total. The number of nitrogens with two attached hydrogens (primary N) is 2. The SMILES string of the molecule is CNc1ccc(S(=O)(=O)c2ccc(C(C[C@@](COC(N)=O)(OC3CCCCO3)c3cccc(Cl)c3)C(C)(C)C)cc2)cc1C(N)=O. The number of primary amides is 2. The van der Waals surface area contributed by atoms with Gasteiger partial charge < -0.3 is 31.0 Å². The molecule has 2 unspecified atom stereocenters. The highest BCUT2D eigenvalue weighted by Crippen LogP contribution is 2.47. The summed E-state index contributed by atoms with van der Waals surface area (Å²) in [6.07, 6.45) is 1.35. The van der Waals surface area contributed by atoms with Crippen LogP contribution in [0.5, 0.6) is 0 Å². The number of nitrogens with one attached hydrogen (secondary N) is 1. The maximum Gasteiger partial charge on any atom is 0.404 e. The van der Waals surface area contributed by atoms with Crippen molar-refractivity contribution in [1.82, 2.24) is 0 Å². The molecule has 0 aliphatic carbocycles. The molecule has 0 bridgehead atoms. The number of anilines is 1. The molecule has 46 heavy (non-hydrogen) atoms. The monoisotopic (exact) mass is 671 g/mol. The van der Waals surface area contributed by atoms with Crippen molar-refractivity contribution >= 4 is 39.1 Å². The van der Waals surface area contributed by atoms with E-state index in [1.165, 1.54) is 18.2 Å². The zero-order valence-electron chi connectivity index (χ0n) is 26.5. The van der Waals surface area contributed by atoms with Crippen molar-refractivity contribution in [2.24, 2.45) is 16.9 Å². The van der Waals surface area contributed by atoms with E-state index in [0.29, 0.717) is 35.7 Å². The quantitative estimate of drug-likeness (QED) is 0.200. The van der Waals surface area contributed by atoms with E-state index in [-0.39, 0.29) is 33.3 Å². The van der Waals surface area contributed by atoms with Gasteiger partial charge in [-0.1, -0.05) is 56.6 Å². The number of rotatable bonds is 12. The molecule has 1 saturated heterocycles. The molecule has 0 aromatic heterocycles. The van der Waals surface area contributed by atoms with Crippen molar-refractivity contribution in [3.8, 4) is 0 Å². The van der Waals surface area contributed by atoms with Crippen molar-refractivity contribution < 1.29 is 32.2 Å². The number of carbonyl (C=O) groups is 2. The van der Waals surface area contributed by atoms with Crippen LogP contribution in [0.1, 0.15) is 73.9 Å². The molecule has 1 aliphatic rings. The molecule has 0 spiro atoms. The van der Waals surface area contributed by atoms with Crippen molar-refractivity contribution in [2.75, 3.05) is 25.6 Å². The van der Waals surface area contributed by atoms with E-state index in [1.54, 1.807) is 49.5 Å². The number of amides is 2. The van der Waals surface area contributed by atoms with Crippen LogP contribution in [-0.4, -0.2) is 47.0 Å². The molecule has 1 heterocycles. The van der Waals surface area contributed by atoms with Gasteiger partial charge in [0.25, 0.3) is 5.91 Å². The van der Waals surface area contributed by atoms with Gasteiger partial charge in [0, 0.05) is 24.4 Å². The number of sulfone groups is 1. The van der Waals surface area contributed by atoms with Crippen LogP contribution in [0.15, 0.2) is 76.5 Å². The lowest BCUT2D eigenvalue weighted by Crippen LogP contribution is -2.44. The first kappa shape index (κ1) is 35.2. The van der Waals surface area contributed by atoms with Gasteiger partial charge in [0.15, 0.2) is 6.29 Å². The van der Waals surface area contributed by atoms with Crippen LogP contribution in [0.25, 0.3) is 0 Å². The first-order valence-corrected chi connectivity index (χ1v) is 17.0. The molecule has 1 aliphatic heterocycles. The lowest BCUT2D eigenvalue weighted by Gasteiger charge is -2.43. The van der Waals surface area contributed by atoms with Gasteiger partial charge in [0.1, 0.15) is 12.2 Å². The van der Waals surface area contributed by atoms with Gasteiger partial charge in [-0.05, 0) is 90.6 Å². The van der Waals surface area contributed by atoms with Crippen molar-refractivity contribution in [1.29, 1.82) is 0 Å². The van der Waals surface area contributed by atoms with Gasteiger partial charge in [0.2, 0.25) is 9.84 Å². The Morgan fingerprint density at radius 2 is 1.72 bits per heavy atom. The second kappa shape index (κ2) is 14.4. The third-order valence-corrected chi connectivity index (χ3v) is 10.3. The predicted molar refractivity (Wildman–Crippen MR) is 177 cm³/mol. The van der Waals surface area contributed by atoms with Crippen LogP contribution in [-0.2, 0) is 29.6 Å². The minimum atomic E-state index is -3.98. The van der Waals surface area contributed by atoms with Crippen LogP contribution in [0.3, 0.4) is 0 Å². The van der Waals surface area contributed by atoms with Crippen LogP contribution in [0, 0.1) is 5.41 Å². The Kier molecular flexibility index (Phi) is 11.0. The summed E-state index contributed by atoms with van der Waals surface area (Å²) in [7, 11) is -2.36. The van der Waals surface area contributed by atoms with E-state index in [9.17, 15) is 18.0 Å². The van der Waals surface area contributed by atoms with Gasteiger partial charge in [-0.2, -0.15) is 0 Å². The molecule has 12 heteroatoms. The molecular weight excluding hydrogens is 630 g/mol. The van der Waals surface area contributed by atoms with Gasteiger partial charge in [0.05, 0.1) is 15.4 Å². The molecule has 1 fully saturated rings. The highest BCUT2D eigenvalue weighted by atomic mass is 35.5. The minimum absolute atomic E-state index is 0.0510. The van der Waals surface area contributed by atoms with Crippen LogP contribution >= 0.6 is 11.6 Å². The summed E-state index contributed by atoms with van der Waals surface area (Å²) >= 11 is 6.45. The van der Waals surface area contributed by atoms with Gasteiger partial charge in [-0.15, -0.1) is 0 Å². The first-order valence-electron chi connectivity index (χ1n) is 15.1. The number of carbonyl (C=O) groups excluding carboxylic acids is 2. The standard InChI is InChI=1S/C34H42ClN3O7S/c1-33(2,3)28(22-11-13-25(14-12-22)46(41,42)26-15-16-29(38-4)27(19-26)31(36)39)20-34(21-44-32(37)40,23-8-7-9-24(35)18-23)45-30-10-5-6-17-43-30/h7-9,11-16,18-19,28,30,38H,5-6,10,17,20-21H2,1-4H3,(H2,36,39)(H2,37,40)/t28?,30?,34-/m0/s1. The maximum atomic E-state index is 13.6. The Morgan fingerprint density at radius 3 is 2.28 bits per heavy atom. The molecule has 3 atom stereocenters. The van der Waals surface area contributed by atoms with Crippen LogP contribution < -0.4 is 16.8 Å². The molecule has 3 aromatic carbocycles. The molecular formula is C34H42ClN3O7S. The Bertz CT molecular complexity index is 1650. The van der Waals surface area contributed by atoms with Crippen LogP contribution in [0.4, 0.5) is 10.5 Å². The first-order chi connectivity index (χ1) is 21.7. The summed E-state index contributed by atoms with van der Waals surface area (Å²) < 4.78 is 45.4. The summed E-state index contributed by atoms with van der Waals surface area (Å²) in [5.74, 6) is -0.978. The zero-order valence-corrected chi connectivity index (χ0v) is 28.1. The Morgan fingerprint density at radius 1 is 1.02 bits per heavy atom. The number of ether oxygens (including phenoxy) is 3. The second-order valence-corrected chi connectivity index (χ2v) is 14.9. The Hall–Kier alpha value is -3.64. The zero-order chi connectivity index (χ0) is 33.7. The predicted octanol–water partition coefficient (Wildman–Crippen LogP) is 6.37. The number of benzene rings is 3. The highest BCUT2D eigenvalue weighted by Gasteiger charge is 2.44. The van der Waals surface area contributed by atoms with E-state index < -0.39 is 33.7 Å². The average molecular weight is 672 g/mol. The average Bonchev–Trinajstić information content (AvgIpc) is 3.02. The van der Waals surface area contributed by atoms with Gasteiger partial charge in [-0.25, -0.2) is 13.2 Å². The molecule has 0 saturated carbocycles. The number of halogens is 1. The fourth-order valence-corrected chi connectivity index (χ4v) is 7.28. The Balaban J connectivity index is 1.77. The summed E-state index contributed by atoms with van der Waals surface area (Å²) in [4.78, 5) is 23.9.